The van der Waals surface area contributed by atoms with Crippen LogP contribution in [0, 0.1) is 6.92 Å². The summed E-state index contributed by atoms with van der Waals surface area (Å²) in [4.78, 5) is 20.1. The fourth-order valence-electron chi connectivity index (χ4n) is 2.57. The van der Waals surface area contributed by atoms with Crippen molar-refractivity contribution in [1.82, 2.24) is 9.88 Å². The Hall–Kier alpha value is -2.27. The van der Waals surface area contributed by atoms with E-state index < -0.39 is 0 Å². The van der Waals surface area contributed by atoms with Crippen LogP contribution < -0.4 is 4.90 Å². The van der Waals surface area contributed by atoms with Crippen molar-refractivity contribution in [2.75, 3.05) is 11.4 Å². The molecule has 2 heterocycles. The third kappa shape index (κ3) is 2.99. The molecule has 1 amide bonds. The summed E-state index contributed by atoms with van der Waals surface area (Å²) in [6, 6.07) is 11.8. The zero-order valence-electron chi connectivity index (χ0n) is 12.4. The van der Waals surface area contributed by atoms with E-state index in [1.165, 1.54) is 0 Å². The molecule has 0 unspecified atom stereocenters. The molecule has 1 fully saturated rings. The number of rotatable bonds is 3. The summed E-state index contributed by atoms with van der Waals surface area (Å²) in [7, 11) is 0. The summed E-state index contributed by atoms with van der Waals surface area (Å²) in [5.74, 6) is 0.0537. The lowest BCUT2D eigenvalue weighted by Crippen LogP contribution is -2.52. The first-order chi connectivity index (χ1) is 10.6. The van der Waals surface area contributed by atoms with Gasteiger partial charge in [0.05, 0.1) is 5.69 Å². The molecule has 1 aromatic carbocycles. The van der Waals surface area contributed by atoms with Crippen molar-refractivity contribution in [3.63, 3.8) is 0 Å². The van der Waals surface area contributed by atoms with Crippen molar-refractivity contribution >= 4 is 28.9 Å². The maximum Gasteiger partial charge on any atom is 0.235 e. The van der Waals surface area contributed by atoms with Crippen molar-refractivity contribution in [3.8, 4) is 0 Å². The number of anilines is 1. The molecule has 0 N–H and O–H groups in total. The molecule has 5 heteroatoms. The Labute approximate surface area is 135 Å². The van der Waals surface area contributed by atoms with Gasteiger partial charge in [0.25, 0.3) is 0 Å². The van der Waals surface area contributed by atoms with Crippen LogP contribution >= 0.6 is 12.2 Å². The highest BCUT2D eigenvalue weighted by atomic mass is 32.1. The van der Waals surface area contributed by atoms with Crippen LogP contribution in [-0.2, 0) is 11.3 Å². The maximum absolute atomic E-state index is 12.3. The van der Waals surface area contributed by atoms with E-state index in [1.54, 1.807) is 11.1 Å². The zero-order chi connectivity index (χ0) is 15.5. The summed E-state index contributed by atoms with van der Waals surface area (Å²) in [5, 5.41) is 0.561. The quantitative estimate of drug-likeness (QED) is 0.817. The molecule has 22 heavy (non-hydrogen) atoms. The molecule has 0 atom stereocenters. The smallest absolute Gasteiger partial charge is 0.235 e. The topological polar surface area (TPSA) is 36.4 Å². The first-order valence-electron chi connectivity index (χ1n) is 7.22. The molecular formula is C17H17N3OS. The number of amides is 1. The summed E-state index contributed by atoms with van der Waals surface area (Å²) < 4.78 is 0. The standard InChI is InChI=1S/C17H17N3OS/c1-13-4-2-6-15(10-13)20-16(21)7-9-19(17(20)22)12-14-5-3-8-18-11-14/h2-6,8,10-11H,7,9,12H2,1H3. The van der Waals surface area contributed by atoms with Crippen LogP contribution in [0.1, 0.15) is 17.5 Å². The summed E-state index contributed by atoms with van der Waals surface area (Å²) in [5.41, 5.74) is 3.03. The van der Waals surface area contributed by atoms with Crippen LogP contribution in [-0.4, -0.2) is 27.4 Å². The normalized spacial score (nSPS) is 15.3. The van der Waals surface area contributed by atoms with Gasteiger partial charge in [-0.25, -0.2) is 0 Å². The maximum atomic E-state index is 12.3. The van der Waals surface area contributed by atoms with E-state index in [4.69, 9.17) is 12.2 Å². The third-order valence-electron chi connectivity index (χ3n) is 3.66. The van der Waals surface area contributed by atoms with E-state index in [1.807, 2.05) is 49.5 Å². The Bertz CT molecular complexity index is 702. The van der Waals surface area contributed by atoms with E-state index in [9.17, 15) is 4.79 Å². The molecule has 4 nitrogen and oxygen atoms in total. The van der Waals surface area contributed by atoms with Gasteiger partial charge in [-0.15, -0.1) is 0 Å². The number of pyridine rings is 1. The van der Waals surface area contributed by atoms with Gasteiger partial charge in [-0.05, 0) is 48.5 Å². The van der Waals surface area contributed by atoms with E-state index in [-0.39, 0.29) is 5.91 Å². The lowest BCUT2D eigenvalue weighted by molar-refractivity contribution is -0.118. The molecule has 0 aliphatic carbocycles. The first kappa shape index (κ1) is 14.7. The predicted molar refractivity (Wildman–Crippen MR) is 90.5 cm³/mol. The summed E-state index contributed by atoms with van der Waals surface area (Å²) >= 11 is 5.56. The molecule has 1 saturated heterocycles. The second kappa shape index (κ2) is 6.23. The Balaban J connectivity index is 1.84. The highest BCUT2D eigenvalue weighted by Crippen LogP contribution is 2.23. The minimum atomic E-state index is 0.0537. The van der Waals surface area contributed by atoms with Crippen LogP contribution in [0.4, 0.5) is 5.69 Å². The molecule has 1 aromatic heterocycles. The molecule has 0 bridgehead atoms. The van der Waals surface area contributed by atoms with E-state index >= 15 is 0 Å². The Kier molecular flexibility index (Phi) is 4.15. The largest absolute Gasteiger partial charge is 0.344 e. The van der Waals surface area contributed by atoms with E-state index in [0.717, 1.165) is 16.8 Å². The number of aryl methyl sites for hydroxylation is 1. The van der Waals surface area contributed by atoms with Crippen LogP contribution in [0.2, 0.25) is 0 Å². The molecule has 112 valence electrons. The minimum absolute atomic E-state index is 0.0537. The second-order valence-corrected chi connectivity index (χ2v) is 5.75. The van der Waals surface area contributed by atoms with Gasteiger partial charge in [-0.2, -0.15) is 0 Å². The van der Waals surface area contributed by atoms with Gasteiger partial charge in [-0.1, -0.05) is 18.2 Å². The average Bonchev–Trinajstić information content (AvgIpc) is 2.51. The Morgan fingerprint density at radius 1 is 1.27 bits per heavy atom. The highest BCUT2D eigenvalue weighted by molar-refractivity contribution is 7.80. The molecular weight excluding hydrogens is 294 g/mol. The lowest BCUT2D eigenvalue weighted by Gasteiger charge is -2.37. The fourth-order valence-corrected chi connectivity index (χ4v) is 2.93. The number of benzene rings is 1. The van der Waals surface area contributed by atoms with E-state index in [0.29, 0.717) is 24.6 Å². The molecule has 2 aromatic rings. The summed E-state index contributed by atoms with van der Waals surface area (Å²) in [6.45, 7) is 3.32. The highest BCUT2D eigenvalue weighted by Gasteiger charge is 2.30. The number of aromatic nitrogens is 1. The van der Waals surface area contributed by atoms with Crippen molar-refractivity contribution in [1.29, 1.82) is 0 Å². The number of carbonyl (C=O) groups is 1. The van der Waals surface area contributed by atoms with Crippen LogP contribution in [0.5, 0.6) is 0 Å². The first-order valence-corrected chi connectivity index (χ1v) is 7.63. The molecule has 1 aliphatic rings. The lowest BCUT2D eigenvalue weighted by atomic mass is 10.1. The number of hydrogen-bond donors (Lipinski definition) is 0. The zero-order valence-corrected chi connectivity index (χ0v) is 13.2. The molecule has 0 saturated carbocycles. The van der Waals surface area contributed by atoms with Gasteiger partial charge in [0.2, 0.25) is 5.91 Å². The van der Waals surface area contributed by atoms with Gasteiger partial charge >= 0.3 is 0 Å². The Morgan fingerprint density at radius 2 is 2.14 bits per heavy atom. The monoisotopic (exact) mass is 311 g/mol. The predicted octanol–water partition coefficient (Wildman–Crippen LogP) is 2.91. The molecule has 3 rings (SSSR count). The minimum Gasteiger partial charge on any atom is -0.344 e. The molecule has 1 aliphatic heterocycles. The van der Waals surface area contributed by atoms with Crippen molar-refractivity contribution in [2.24, 2.45) is 0 Å². The number of thiocarbonyl (C=S) groups is 1. The van der Waals surface area contributed by atoms with Crippen LogP contribution in [0.25, 0.3) is 0 Å². The SMILES string of the molecule is Cc1cccc(N2C(=O)CCN(Cc3cccnc3)C2=S)c1. The Morgan fingerprint density at radius 3 is 2.86 bits per heavy atom. The third-order valence-corrected chi connectivity index (χ3v) is 4.10. The molecule has 0 spiro atoms. The van der Waals surface area contributed by atoms with Gasteiger partial charge < -0.3 is 4.90 Å². The number of carbonyl (C=O) groups excluding carboxylic acids is 1. The summed E-state index contributed by atoms with van der Waals surface area (Å²) in [6.07, 6.45) is 4.05. The van der Waals surface area contributed by atoms with E-state index in [2.05, 4.69) is 9.88 Å². The fraction of sp³-hybridized carbons (Fsp3) is 0.235. The van der Waals surface area contributed by atoms with Crippen molar-refractivity contribution in [2.45, 2.75) is 19.9 Å². The van der Waals surface area contributed by atoms with Crippen LogP contribution in [0.15, 0.2) is 48.8 Å². The van der Waals surface area contributed by atoms with Crippen LogP contribution in [0.3, 0.4) is 0 Å². The van der Waals surface area contributed by atoms with Gasteiger partial charge in [0.1, 0.15) is 0 Å². The number of nitrogens with zero attached hydrogens (tertiary/aromatic N) is 3. The van der Waals surface area contributed by atoms with Crippen molar-refractivity contribution < 1.29 is 4.79 Å². The van der Waals surface area contributed by atoms with Gasteiger partial charge in [-0.3, -0.25) is 14.7 Å². The average molecular weight is 311 g/mol. The van der Waals surface area contributed by atoms with Crippen molar-refractivity contribution in [3.05, 3.63) is 59.9 Å². The van der Waals surface area contributed by atoms with Gasteiger partial charge in [0.15, 0.2) is 5.11 Å². The number of hydrogen-bond acceptors (Lipinski definition) is 3. The van der Waals surface area contributed by atoms with Gasteiger partial charge in [0, 0.05) is 31.9 Å². The molecule has 0 radical (unpaired) electrons. The second-order valence-electron chi connectivity index (χ2n) is 5.38.